The molecular formula is C16H16O. The third kappa shape index (κ3) is 3.04. The van der Waals surface area contributed by atoms with Gasteiger partial charge in [0.2, 0.25) is 0 Å². The number of Topliss-reactive ketones (excluding diaryl/α,β-unsaturated/α-hetero) is 1. The maximum atomic E-state index is 12.0. The molecule has 0 heterocycles. The molecule has 0 radical (unpaired) electrons. The highest BCUT2D eigenvalue weighted by molar-refractivity contribution is 5.97. The summed E-state index contributed by atoms with van der Waals surface area (Å²) in [6.45, 7) is 2.11. The highest BCUT2D eigenvalue weighted by Crippen LogP contribution is 2.09. The molecule has 0 aromatic heterocycles. The number of rotatable bonds is 4. The predicted molar refractivity (Wildman–Crippen MR) is 70.3 cm³/mol. The lowest BCUT2D eigenvalue weighted by Gasteiger charge is -2.02. The molecule has 0 aliphatic heterocycles. The Labute approximate surface area is 102 Å². The molecule has 0 spiro atoms. The molecule has 0 aliphatic carbocycles. The number of hydrogen-bond donors (Lipinski definition) is 0. The fourth-order valence-corrected chi connectivity index (χ4v) is 1.81. The Kier molecular flexibility index (Phi) is 3.71. The molecule has 0 unspecified atom stereocenters. The minimum atomic E-state index is 0.179. The average Bonchev–Trinajstić information content (AvgIpc) is 2.40. The van der Waals surface area contributed by atoms with Crippen molar-refractivity contribution in [1.29, 1.82) is 0 Å². The van der Waals surface area contributed by atoms with Crippen molar-refractivity contribution < 1.29 is 4.79 Å². The van der Waals surface area contributed by atoms with Crippen molar-refractivity contribution in [2.24, 2.45) is 0 Å². The largest absolute Gasteiger partial charge is 0.294 e. The second-order valence-corrected chi connectivity index (χ2v) is 4.14. The average molecular weight is 224 g/mol. The van der Waals surface area contributed by atoms with Gasteiger partial charge in [-0.25, -0.2) is 0 Å². The Hall–Kier alpha value is -1.89. The zero-order chi connectivity index (χ0) is 12.1. The first kappa shape index (κ1) is 11.6. The standard InChI is InChI=1S/C16H16O/c1-2-13-8-10-15(11-9-13)16(17)12-14-6-4-3-5-7-14/h3-11H,2,12H2,1H3. The molecule has 1 heteroatoms. The van der Waals surface area contributed by atoms with Crippen LogP contribution in [0.4, 0.5) is 0 Å². The van der Waals surface area contributed by atoms with Crippen LogP contribution in [-0.4, -0.2) is 5.78 Å². The van der Waals surface area contributed by atoms with Gasteiger partial charge in [0.1, 0.15) is 0 Å². The Morgan fingerprint density at radius 3 is 2.12 bits per heavy atom. The molecule has 1 nitrogen and oxygen atoms in total. The number of ketones is 1. The van der Waals surface area contributed by atoms with Crippen LogP contribution in [0, 0.1) is 0 Å². The molecule has 0 atom stereocenters. The third-order valence-corrected chi connectivity index (χ3v) is 2.89. The van der Waals surface area contributed by atoms with E-state index in [1.54, 1.807) is 0 Å². The van der Waals surface area contributed by atoms with Crippen LogP contribution in [0.15, 0.2) is 54.6 Å². The fourth-order valence-electron chi connectivity index (χ4n) is 1.81. The minimum absolute atomic E-state index is 0.179. The van der Waals surface area contributed by atoms with Gasteiger partial charge in [-0.15, -0.1) is 0 Å². The van der Waals surface area contributed by atoms with E-state index in [0.29, 0.717) is 6.42 Å². The maximum Gasteiger partial charge on any atom is 0.167 e. The van der Waals surface area contributed by atoms with Crippen LogP contribution in [0.1, 0.15) is 28.4 Å². The summed E-state index contributed by atoms with van der Waals surface area (Å²) in [7, 11) is 0. The highest BCUT2D eigenvalue weighted by Gasteiger charge is 2.06. The zero-order valence-corrected chi connectivity index (χ0v) is 10.0. The summed E-state index contributed by atoms with van der Waals surface area (Å²) >= 11 is 0. The minimum Gasteiger partial charge on any atom is -0.294 e. The topological polar surface area (TPSA) is 17.1 Å². The van der Waals surface area contributed by atoms with E-state index < -0.39 is 0 Å². The molecule has 0 saturated carbocycles. The van der Waals surface area contributed by atoms with E-state index in [1.807, 2.05) is 54.6 Å². The molecule has 0 N–H and O–H groups in total. The van der Waals surface area contributed by atoms with Gasteiger partial charge in [0.15, 0.2) is 5.78 Å². The molecular weight excluding hydrogens is 208 g/mol. The van der Waals surface area contributed by atoms with E-state index in [2.05, 4.69) is 6.92 Å². The SMILES string of the molecule is CCc1ccc(C(=O)Cc2ccccc2)cc1. The van der Waals surface area contributed by atoms with Crippen molar-refractivity contribution >= 4 is 5.78 Å². The molecule has 0 saturated heterocycles. The molecule has 0 aliphatic rings. The highest BCUT2D eigenvalue weighted by atomic mass is 16.1. The van der Waals surface area contributed by atoms with E-state index in [1.165, 1.54) is 5.56 Å². The second kappa shape index (κ2) is 5.44. The number of carbonyl (C=O) groups excluding carboxylic acids is 1. The van der Waals surface area contributed by atoms with Gasteiger partial charge in [-0.3, -0.25) is 4.79 Å². The lowest BCUT2D eigenvalue weighted by molar-refractivity contribution is 0.0993. The number of hydrogen-bond acceptors (Lipinski definition) is 1. The van der Waals surface area contributed by atoms with Crippen LogP contribution < -0.4 is 0 Å². The molecule has 2 rings (SSSR count). The Balaban J connectivity index is 2.09. The fraction of sp³-hybridized carbons (Fsp3) is 0.188. The summed E-state index contributed by atoms with van der Waals surface area (Å²) in [5, 5.41) is 0. The summed E-state index contributed by atoms with van der Waals surface area (Å²) in [5.74, 6) is 0.179. The van der Waals surface area contributed by atoms with Gasteiger partial charge < -0.3 is 0 Å². The van der Waals surface area contributed by atoms with Crippen molar-refractivity contribution in [1.82, 2.24) is 0 Å². The van der Waals surface area contributed by atoms with Crippen LogP contribution in [0.25, 0.3) is 0 Å². The van der Waals surface area contributed by atoms with Gasteiger partial charge in [0.25, 0.3) is 0 Å². The maximum absolute atomic E-state index is 12.0. The van der Waals surface area contributed by atoms with Crippen LogP contribution in [0.5, 0.6) is 0 Å². The van der Waals surface area contributed by atoms with Crippen molar-refractivity contribution in [3.05, 3.63) is 71.3 Å². The normalized spacial score (nSPS) is 10.2. The van der Waals surface area contributed by atoms with Gasteiger partial charge in [-0.2, -0.15) is 0 Å². The summed E-state index contributed by atoms with van der Waals surface area (Å²) in [4.78, 5) is 12.0. The van der Waals surface area contributed by atoms with Crippen molar-refractivity contribution in [3.63, 3.8) is 0 Å². The van der Waals surface area contributed by atoms with Crippen LogP contribution >= 0.6 is 0 Å². The first-order valence-electron chi connectivity index (χ1n) is 5.95. The summed E-state index contributed by atoms with van der Waals surface area (Å²) in [6, 6.07) is 17.7. The summed E-state index contributed by atoms with van der Waals surface area (Å²) in [6.07, 6.45) is 1.49. The van der Waals surface area contributed by atoms with Gasteiger partial charge in [-0.1, -0.05) is 61.5 Å². The predicted octanol–water partition coefficient (Wildman–Crippen LogP) is 3.67. The first-order chi connectivity index (χ1) is 8.29. The molecule has 0 bridgehead atoms. The van der Waals surface area contributed by atoms with Crippen LogP contribution in [0.3, 0.4) is 0 Å². The lowest BCUT2D eigenvalue weighted by Crippen LogP contribution is -2.03. The monoisotopic (exact) mass is 224 g/mol. The van der Waals surface area contributed by atoms with Gasteiger partial charge in [0.05, 0.1) is 0 Å². The Morgan fingerprint density at radius 1 is 0.882 bits per heavy atom. The van der Waals surface area contributed by atoms with Crippen molar-refractivity contribution in [2.45, 2.75) is 19.8 Å². The third-order valence-electron chi connectivity index (χ3n) is 2.89. The van der Waals surface area contributed by atoms with E-state index in [9.17, 15) is 4.79 Å². The number of aryl methyl sites for hydroxylation is 1. The number of benzene rings is 2. The van der Waals surface area contributed by atoms with Crippen molar-refractivity contribution in [2.75, 3.05) is 0 Å². The smallest absolute Gasteiger partial charge is 0.167 e. The van der Waals surface area contributed by atoms with Gasteiger partial charge in [0, 0.05) is 12.0 Å². The van der Waals surface area contributed by atoms with Crippen molar-refractivity contribution in [3.8, 4) is 0 Å². The first-order valence-corrected chi connectivity index (χ1v) is 5.95. The summed E-state index contributed by atoms with van der Waals surface area (Å²) in [5.41, 5.74) is 3.13. The van der Waals surface area contributed by atoms with E-state index >= 15 is 0 Å². The molecule has 17 heavy (non-hydrogen) atoms. The van der Waals surface area contributed by atoms with Gasteiger partial charge >= 0.3 is 0 Å². The number of carbonyl (C=O) groups is 1. The van der Waals surface area contributed by atoms with E-state index in [-0.39, 0.29) is 5.78 Å². The molecule has 0 amide bonds. The Morgan fingerprint density at radius 2 is 1.53 bits per heavy atom. The molecule has 0 fully saturated rings. The van der Waals surface area contributed by atoms with Crippen LogP contribution in [-0.2, 0) is 12.8 Å². The molecule has 86 valence electrons. The lowest BCUT2D eigenvalue weighted by atomic mass is 10.0. The second-order valence-electron chi connectivity index (χ2n) is 4.14. The van der Waals surface area contributed by atoms with Gasteiger partial charge in [-0.05, 0) is 17.5 Å². The molecule has 2 aromatic carbocycles. The zero-order valence-electron chi connectivity index (χ0n) is 10.0. The molecule has 2 aromatic rings. The summed E-state index contributed by atoms with van der Waals surface area (Å²) < 4.78 is 0. The van der Waals surface area contributed by atoms with E-state index in [4.69, 9.17) is 0 Å². The van der Waals surface area contributed by atoms with Crippen LogP contribution in [0.2, 0.25) is 0 Å². The van der Waals surface area contributed by atoms with E-state index in [0.717, 1.165) is 17.5 Å². The Bertz CT molecular complexity index is 483. The quantitative estimate of drug-likeness (QED) is 0.724.